The molecule has 7 heteroatoms. The predicted molar refractivity (Wildman–Crippen MR) is 65.4 cm³/mol. The summed E-state index contributed by atoms with van der Waals surface area (Å²) in [6.45, 7) is 0. The van der Waals surface area contributed by atoms with Gasteiger partial charge < -0.3 is 4.74 Å². The number of pyridine rings is 1. The Morgan fingerprint density at radius 1 is 1.05 bits per heavy atom. The first-order valence-electron chi connectivity index (χ1n) is 4.91. The van der Waals surface area contributed by atoms with E-state index in [2.05, 4.69) is 4.98 Å². The van der Waals surface area contributed by atoms with E-state index < -0.39 is 21.9 Å². The number of nitrogens with zero attached hydrogens (tertiary/aromatic N) is 2. The zero-order valence-corrected chi connectivity index (χ0v) is 10.6. The van der Waals surface area contributed by atoms with Crippen LogP contribution in [0.5, 0.6) is 11.5 Å². The molecule has 1 aromatic heterocycles. The van der Waals surface area contributed by atoms with Crippen LogP contribution in [-0.4, -0.2) is 4.98 Å². The van der Waals surface area contributed by atoms with Gasteiger partial charge in [-0.25, -0.2) is 0 Å². The number of benzene rings is 1. The van der Waals surface area contributed by atoms with Crippen molar-refractivity contribution in [3.05, 3.63) is 51.8 Å². The van der Waals surface area contributed by atoms with Gasteiger partial charge in [-0.05, 0) is 24.3 Å². The minimum atomic E-state index is -1.22. The normalized spacial score (nSPS) is 10.1. The van der Waals surface area contributed by atoms with Gasteiger partial charge in [-0.2, -0.15) is 19.0 Å². The van der Waals surface area contributed by atoms with Gasteiger partial charge in [-0.1, -0.05) is 23.2 Å². The summed E-state index contributed by atoms with van der Waals surface area (Å²) in [5.74, 6) is -2.56. The molecule has 1 heterocycles. The summed E-state index contributed by atoms with van der Waals surface area (Å²) in [5.41, 5.74) is 0.414. The second kappa shape index (κ2) is 5.39. The first kappa shape index (κ1) is 13.5. The zero-order chi connectivity index (χ0) is 14.0. The summed E-state index contributed by atoms with van der Waals surface area (Å²) in [7, 11) is 0. The first-order valence-corrected chi connectivity index (χ1v) is 5.66. The van der Waals surface area contributed by atoms with E-state index in [0.29, 0.717) is 5.56 Å². The van der Waals surface area contributed by atoms with Crippen molar-refractivity contribution in [2.75, 3.05) is 0 Å². The fraction of sp³-hybridized carbons (Fsp3) is 0. The third kappa shape index (κ3) is 2.75. The van der Waals surface area contributed by atoms with Gasteiger partial charge in [0.05, 0.1) is 11.6 Å². The highest BCUT2D eigenvalue weighted by atomic mass is 35.5. The van der Waals surface area contributed by atoms with Gasteiger partial charge in [0.15, 0.2) is 5.75 Å². The molecule has 2 aromatic rings. The van der Waals surface area contributed by atoms with E-state index in [4.69, 9.17) is 33.2 Å². The molecule has 0 saturated carbocycles. The van der Waals surface area contributed by atoms with Crippen LogP contribution in [0, 0.1) is 23.2 Å². The van der Waals surface area contributed by atoms with E-state index in [1.165, 1.54) is 24.3 Å². The summed E-state index contributed by atoms with van der Waals surface area (Å²) in [6.07, 6.45) is 0. The molecule has 3 nitrogen and oxygen atoms in total. The minimum Gasteiger partial charge on any atom is -0.454 e. The maximum Gasteiger partial charge on any atom is 0.238 e. The van der Waals surface area contributed by atoms with Gasteiger partial charge in [0.1, 0.15) is 15.8 Å². The largest absolute Gasteiger partial charge is 0.454 e. The van der Waals surface area contributed by atoms with Crippen molar-refractivity contribution >= 4 is 23.2 Å². The van der Waals surface area contributed by atoms with E-state index in [-0.39, 0.29) is 11.5 Å². The molecule has 0 aliphatic rings. The molecule has 0 atom stereocenters. The third-order valence-corrected chi connectivity index (χ3v) is 2.82. The Morgan fingerprint density at radius 2 is 1.58 bits per heavy atom. The number of hydrogen-bond acceptors (Lipinski definition) is 3. The van der Waals surface area contributed by atoms with Crippen molar-refractivity contribution < 1.29 is 13.5 Å². The van der Waals surface area contributed by atoms with Crippen molar-refractivity contribution in [1.82, 2.24) is 4.98 Å². The topological polar surface area (TPSA) is 45.9 Å². The molecule has 96 valence electrons. The average molecular weight is 301 g/mol. The Morgan fingerprint density at radius 3 is 2.05 bits per heavy atom. The molecule has 0 N–H and O–H groups in total. The van der Waals surface area contributed by atoms with Crippen LogP contribution >= 0.6 is 23.2 Å². The van der Waals surface area contributed by atoms with E-state index in [0.717, 1.165) is 0 Å². The molecule has 0 spiro atoms. The Kier molecular flexibility index (Phi) is 3.84. The summed E-state index contributed by atoms with van der Waals surface area (Å²) >= 11 is 11.2. The number of ether oxygens (including phenoxy) is 1. The van der Waals surface area contributed by atoms with E-state index in [1.54, 1.807) is 0 Å². The van der Waals surface area contributed by atoms with Gasteiger partial charge in [0, 0.05) is 0 Å². The lowest BCUT2D eigenvalue weighted by atomic mass is 10.2. The van der Waals surface area contributed by atoms with Gasteiger partial charge in [-0.15, -0.1) is 0 Å². The minimum absolute atomic E-state index is 0.229. The first-order chi connectivity index (χ1) is 9.02. The maximum absolute atomic E-state index is 13.2. The molecule has 1 aromatic carbocycles. The molecule has 0 fully saturated rings. The Bertz CT molecular complexity index is 643. The molecule has 0 saturated heterocycles. The molecule has 2 rings (SSSR count). The monoisotopic (exact) mass is 300 g/mol. The molecule has 0 aliphatic carbocycles. The van der Waals surface area contributed by atoms with Gasteiger partial charge in [0.25, 0.3) is 0 Å². The highest BCUT2D eigenvalue weighted by Crippen LogP contribution is 2.38. The van der Waals surface area contributed by atoms with E-state index >= 15 is 0 Å². The molecule has 19 heavy (non-hydrogen) atoms. The van der Waals surface area contributed by atoms with E-state index in [1.807, 2.05) is 6.07 Å². The van der Waals surface area contributed by atoms with Crippen molar-refractivity contribution in [3.8, 4) is 17.6 Å². The molecule has 0 unspecified atom stereocenters. The smallest absolute Gasteiger partial charge is 0.238 e. The molecule has 0 aliphatic heterocycles. The Hall–Kier alpha value is -1.90. The summed E-state index contributed by atoms with van der Waals surface area (Å²) in [5, 5.41) is 7.60. The third-order valence-electron chi connectivity index (χ3n) is 2.16. The lowest BCUT2D eigenvalue weighted by Gasteiger charge is -2.09. The fourth-order valence-corrected chi connectivity index (χ4v) is 1.67. The van der Waals surface area contributed by atoms with Crippen LogP contribution in [0.3, 0.4) is 0 Å². The van der Waals surface area contributed by atoms with Crippen LogP contribution in [0.15, 0.2) is 24.3 Å². The van der Waals surface area contributed by atoms with Crippen LogP contribution in [-0.2, 0) is 0 Å². The lowest BCUT2D eigenvalue weighted by molar-refractivity contribution is 0.452. The Labute approximate surface area is 117 Å². The van der Waals surface area contributed by atoms with Crippen molar-refractivity contribution in [3.63, 3.8) is 0 Å². The average Bonchev–Trinajstić information content (AvgIpc) is 2.42. The van der Waals surface area contributed by atoms with Crippen LogP contribution in [0.25, 0.3) is 0 Å². The number of hydrogen-bond donors (Lipinski definition) is 0. The Balaban J connectivity index is 2.40. The fourth-order valence-electron chi connectivity index (χ4n) is 1.27. The number of rotatable bonds is 2. The van der Waals surface area contributed by atoms with Crippen LogP contribution < -0.4 is 4.74 Å². The second-order valence-corrected chi connectivity index (χ2v) is 4.14. The predicted octanol–water partition coefficient (Wildman–Crippen LogP) is 4.33. The SMILES string of the molecule is N#Cc1ccc(Oc2c(Cl)c(F)nc(F)c2Cl)cc1. The van der Waals surface area contributed by atoms with Crippen LogP contribution in [0.4, 0.5) is 8.78 Å². The van der Waals surface area contributed by atoms with Crippen molar-refractivity contribution in [2.45, 2.75) is 0 Å². The maximum atomic E-state index is 13.2. The quantitative estimate of drug-likeness (QED) is 0.775. The zero-order valence-electron chi connectivity index (χ0n) is 9.12. The second-order valence-electron chi connectivity index (χ2n) is 3.39. The molecule has 0 radical (unpaired) electrons. The number of nitriles is 1. The number of aromatic nitrogens is 1. The standard InChI is InChI=1S/C12H4Cl2F2N2O/c13-8-10(9(14)12(16)18-11(8)15)19-7-3-1-6(5-17)2-4-7/h1-4H. The van der Waals surface area contributed by atoms with Crippen molar-refractivity contribution in [2.24, 2.45) is 0 Å². The highest BCUT2D eigenvalue weighted by Gasteiger charge is 2.19. The number of halogens is 4. The summed E-state index contributed by atoms with van der Waals surface area (Å²) < 4.78 is 31.6. The summed E-state index contributed by atoms with van der Waals surface area (Å²) in [6, 6.07) is 7.77. The van der Waals surface area contributed by atoms with Crippen molar-refractivity contribution in [1.29, 1.82) is 5.26 Å². The van der Waals surface area contributed by atoms with Gasteiger partial charge in [-0.3, -0.25) is 0 Å². The molecule has 0 amide bonds. The van der Waals surface area contributed by atoms with Gasteiger partial charge >= 0.3 is 0 Å². The molecular formula is C12H4Cl2F2N2O. The molecule has 0 bridgehead atoms. The lowest BCUT2D eigenvalue weighted by Crippen LogP contribution is -1.96. The van der Waals surface area contributed by atoms with Crippen LogP contribution in [0.1, 0.15) is 5.56 Å². The van der Waals surface area contributed by atoms with Crippen LogP contribution in [0.2, 0.25) is 10.0 Å². The van der Waals surface area contributed by atoms with Gasteiger partial charge in [0.2, 0.25) is 11.9 Å². The van der Waals surface area contributed by atoms with E-state index in [9.17, 15) is 8.78 Å². The summed E-state index contributed by atoms with van der Waals surface area (Å²) in [4.78, 5) is 2.88. The molecular weight excluding hydrogens is 297 g/mol. The highest BCUT2D eigenvalue weighted by molar-refractivity contribution is 6.37.